The molecule has 0 aromatic heterocycles. The van der Waals surface area contributed by atoms with Crippen LogP contribution in [0.4, 0.5) is 0 Å². The highest BCUT2D eigenvalue weighted by Gasteiger charge is 2.10. The standard InChI is InChI=1S/C13H21NO7/c1-2-3-4-5-6-7-8-11(15)14-21-20-13(17)10-9-12(16)19-18/h7-8,18H,2-6,9-10H2,1H3,(H,14,15). The molecule has 2 N–H and O–H groups in total. The molecule has 0 aliphatic rings. The van der Waals surface area contributed by atoms with E-state index in [1.54, 1.807) is 6.08 Å². The molecule has 0 aliphatic carbocycles. The first-order valence-electron chi connectivity index (χ1n) is 6.77. The highest BCUT2D eigenvalue weighted by Crippen LogP contribution is 2.02. The Morgan fingerprint density at radius 1 is 1.10 bits per heavy atom. The van der Waals surface area contributed by atoms with Gasteiger partial charge in [-0.3, -0.25) is 9.68 Å². The molecular weight excluding hydrogens is 282 g/mol. The number of hydrogen-bond donors (Lipinski definition) is 2. The zero-order chi connectivity index (χ0) is 15.9. The molecule has 0 radical (unpaired) electrons. The average Bonchev–Trinajstić information content (AvgIpc) is 2.48. The fourth-order valence-electron chi connectivity index (χ4n) is 1.31. The summed E-state index contributed by atoms with van der Waals surface area (Å²) in [5.74, 6) is -2.42. The lowest BCUT2D eigenvalue weighted by atomic mass is 10.1. The summed E-state index contributed by atoms with van der Waals surface area (Å²) in [6.45, 7) is 2.12. The van der Waals surface area contributed by atoms with Crippen molar-refractivity contribution in [3.8, 4) is 0 Å². The van der Waals surface area contributed by atoms with Crippen LogP contribution in [-0.4, -0.2) is 23.1 Å². The van der Waals surface area contributed by atoms with Gasteiger partial charge in [-0.2, -0.15) is 10.7 Å². The van der Waals surface area contributed by atoms with Gasteiger partial charge in [0.1, 0.15) is 0 Å². The molecule has 8 heteroatoms. The van der Waals surface area contributed by atoms with Gasteiger partial charge in [-0.05, 0) is 12.8 Å². The lowest BCUT2D eigenvalue weighted by molar-refractivity contribution is -0.301. The van der Waals surface area contributed by atoms with Gasteiger partial charge < -0.3 is 4.89 Å². The van der Waals surface area contributed by atoms with Gasteiger partial charge >= 0.3 is 11.9 Å². The lowest BCUT2D eigenvalue weighted by Crippen LogP contribution is -2.23. The van der Waals surface area contributed by atoms with Crippen LogP contribution in [0.1, 0.15) is 51.9 Å². The Kier molecular flexibility index (Phi) is 11.9. The SMILES string of the molecule is CCCCCCC=CC(=O)NOOC(=O)CCC(=O)OO. The van der Waals surface area contributed by atoms with Gasteiger partial charge in [0.2, 0.25) is 0 Å². The van der Waals surface area contributed by atoms with E-state index in [-0.39, 0.29) is 12.8 Å². The lowest BCUT2D eigenvalue weighted by Gasteiger charge is -2.01. The summed E-state index contributed by atoms with van der Waals surface area (Å²) in [6, 6.07) is 0. The minimum atomic E-state index is -0.970. The highest BCUT2D eigenvalue weighted by molar-refractivity contribution is 5.86. The Balaban J connectivity index is 3.58. The van der Waals surface area contributed by atoms with Crippen molar-refractivity contribution < 1.29 is 34.4 Å². The van der Waals surface area contributed by atoms with Crippen molar-refractivity contribution in [2.45, 2.75) is 51.9 Å². The van der Waals surface area contributed by atoms with Crippen LogP contribution in [0.25, 0.3) is 0 Å². The Labute approximate surface area is 122 Å². The molecule has 0 fully saturated rings. The Hall–Kier alpha value is -1.93. The third-order valence-electron chi connectivity index (χ3n) is 2.41. The molecule has 0 atom stereocenters. The topological polar surface area (TPSA) is 111 Å². The highest BCUT2D eigenvalue weighted by atomic mass is 17.3. The van der Waals surface area contributed by atoms with E-state index in [4.69, 9.17) is 5.26 Å². The normalized spacial score (nSPS) is 10.4. The Morgan fingerprint density at radius 2 is 1.81 bits per heavy atom. The molecule has 0 aromatic carbocycles. The first kappa shape index (κ1) is 19.1. The Bertz CT molecular complexity index is 354. The molecule has 0 aliphatic heterocycles. The van der Waals surface area contributed by atoms with Gasteiger partial charge in [0.05, 0.1) is 12.8 Å². The number of unbranched alkanes of at least 4 members (excludes halogenated alkanes) is 4. The van der Waals surface area contributed by atoms with Gasteiger partial charge in [0.15, 0.2) is 0 Å². The smallest absolute Gasteiger partial charge is 0.301 e. The van der Waals surface area contributed by atoms with Gasteiger partial charge in [0.25, 0.3) is 5.91 Å². The molecule has 0 heterocycles. The largest absolute Gasteiger partial charge is 0.345 e. The quantitative estimate of drug-likeness (QED) is 0.259. The van der Waals surface area contributed by atoms with Gasteiger partial charge in [-0.1, -0.05) is 37.3 Å². The van der Waals surface area contributed by atoms with E-state index in [9.17, 15) is 14.4 Å². The molecule has 1 amide bonds. The van der Waals surface area contributed by atoms with Crippen molar-refractivity contribution in [1.82, 2.24) is 5.48 Å². The number of carbonyl (C=O) groups is 3. The van der Waals surface area contributed by atoms with Crippen LogP contribution in [0.5, 0.6) is 0 Å². The van der Waals surface area contributed by atoms with Crippen LogP contribution in [-0.2, 0) is 29.1 Å². The molecule has 0 unspecified atom stereocenters. The second-order valence-electron chi connectivity index (χ2n) is 4.22. The van der Waals surface area contributed by atoms with Crippen LogP contribution >= 0.6 is 0 Å². The molecule has 0 rings (SSSR count). The van der Waals surface area contributed by atoms with Gasteiger partial charge in [0, 0.05) is 6.08 Å². The van der Waals surface area contributed by atoms with E-state index in [0.717, 1.165) is 25.7 Å². The van der Waals surface area contributed by atoms with Crippen LogP contribution < -0.4 is 5.48 Å². The molecule has 21 heavy (non-hydrogen) atoms. The van der Waals surface area contributed by atoms with Crippen molar-refractivity contribution in [2.75, 3.05) is 0 Å². The molecule has 0 aromatic rings. The predicted molar refractivity (Wildman–Crippen MR) is 71.2 cm³/mol. The van der Waals surface area contributed by atoms with Crippen LogP contribution in [0.2, 0.25) is 0 Å². The molecular formula is C13H21NO7. The number of nitrogens with one attached hydrogen (secondary N) is 1. The second kappa shape index (κ2) is 13.1. The van der Waals surface area contributed by atoms with E-state index in [0.29, 0.717) is 0 Å². The first-order valence-corrected chi connectivity index (χ1v) is 6.77. The molecule has 0 spiro atoms. The summed E-state index contributed by atoms with van der Waals surface area (Å²) in [7, 11) is 0. The molecule has 8 nitrogen and oxygen atoms in total. The summed E-state index contributed by atoms with van der Waals surface area (Å²) in [5, 5.41) is 7.95. The maximum atomic E-state index is 11.2. The number of rotatable bonds is 11. The third-order valence-corrected chi connectivity index (χ3v) is 2.41. The number of carbonyl (C=O) groups excluding carboxylic acids is 3. The summed E-state index contributed by atoms with van der Waals surface area (Å²) in [4.78, 5) is 44.4. The van der Waals surface area contributed by atoms with Crippen molar-refractivity contribution in [3.63, 3.8) is 0 Å². The summed E-state index contributed by atoms with van der Waals surface area (Å²) >= 11 is 0. The summed E-state index contributed by atoms with van der Waals surface area (Å²) < 4.78 is 0. The van der Waals surface area contributed by atoms with Gasteiger partial charge in [-0.15, -0.1) is 0 Å². The van der Waals surface area contributed by atoms with Crippen LogP contribution in [0.3, 0.4) is 0 Å². The van der Waals surface area contributed by atoms with Crippen molar-refractivity contribution in [2.24, 2.45) is 0 Å². The molecule has 0 saturated carbocycles. The third kappa shape index (κ3) is 12.8. The van der Waals surface area contributed by atoms with E-state index < -0.39 is 17.8 Å². The van der Waals surface area contributed by atoms with E-state index in [1.807, 2.05) is 5.48 Å². The van der Waals surface area contributed by atoms with Gasteiger partial charge in [-0.25, -0.2) is 9.59 Å². The fourth-order valence-corrected chi connectivity index (χ4v) is 1.31. The minimum absolute atomic E-state index is 0.345. The predicted octanol–water partition coefficient (Wildman–Crippen LogP) is 1.82. The number of hydrogen-bond acceptors (Lipinski definition) is 7. The Morgan fingerprint density at radius 3 is 2.48 bits per heavy atom. The number of amides is 1. The zero-order valence-corrected chi connectivity index (χ0v) is 12.0. The average molecular weight is 303 g/mol. The maximum Gasteiger partial charge on any atom is 0.345 e. The van der Waals surface area contributed by atoms with Crippen molar-refractivity contribution >= 4 is 17.8 Å². The maximum absolute atomic E-state index is 11.2. The molecule has 0 saturated heterocycles. The summed E-state index contributed by atoms with van der Waals surface area (Å²) in [6.07, 6.45) is 7.52. The molecule has 0 bridgehead atoms. The van der Waals surface area contributed by atoms with E-state index in [1.165, 1.54) is 12.5 Å². The van der Waals surface area contributed by atoms with Crippen LogP contribution in [0, 0.1) is 0 Å². The monoisotopic (exact) mass is 303 g/mol. The number of allylic oxidation sites excluding steroid dienone is 1. The van der Waals surface area contributed by atoms with Crippen molar-refractivity contribution in [1.29, 1.82) is 0 Å². The van der Waals surface area contributed by atoms with E-state index in [2.05, 4.69) is 21.7 Å². The van der Waals surface area contributed by atoms with E-state index >= 15 is 0 Å². The molecule has 120 valence electrons. The number of hydroxylamine groups is 1. The van der Waals surface area contributed by atoms with Crippen LogP contribution in [0.15, 0.2) is 12.2 Å². The zero-order valence-electron chi connectivity index (χ0n) is 12.0. The second-order valence-corrected chi connectivity index (χ2v) is 4.22. The van der Waals surface area contributed by atoms with Crippen molar-refractivity contribution in [3.05, 3.63) is 12.2 Å². The summed E-state index contributed by atoms with van der Waals surface area (Å²) in [5.41, 5.74) is 1.88. The minimum Gasteiger partial charge on any atom is -0.301 e. The fraction of sp³-hybridized carbons (Fsp3) is 0.615. The first-order chi connectivity index (χ1) is 10.1.